The lowest BCUT2D eigenvalue weighted by Gasteiger charge is -2.47. The summed E-state index contributed by atoms with van der Waals surface area (Å²) in [7, 11) is 0. The highest BCUT2D eigenvalue weighted by Gasteiger charge is 2.71. The van der Waals surface area contributed by atoms with Crippen LogP contribution < -0.4 is 5.32 Å². The number of amides is 1. The van der Waals surface area contributed by atoms with E-state index in [1.54, 1.807) is 0 Å². The molecule has 1 amide bonds. The number of nitrogens with one attached hydrogen (secondary N) is 1. The first-order valence-corrected chi connectivity index (χ1v) is 10.2. The van der Waals surface area contributed by atoms with Crippen molar-refractivity contribution in [3.63, 3.8) is 0 Å². The van der Waals surface area contributed by atoms with Gasteiger partial charge in [0.1, 0.15) is 0 Å². The summed E-state index contributed by atoms with van der Waals surface area (Å²) in [5, 5.41) is 15.4. The zero-order valence-electron chi connectivity index (χ0n) is 16.3. The Morgan fingerprint density at radius 2 is 1.78 bits per heavy atom. The van der Waals surface area contributed by atoms with Crippen LogP contribution in [0.3, 0.4) is 0 Å². The zero-order chi connectivity index (χ0) is 19.1. The van der Waals surface area contributed by atoms with Gasteiger partial charge in [-0.3, -0.25) is 4.79 Å². The Morgan fingerprint density at radius 3 is 2.41 bits per heavy atom. The van der Waals surface area contributed by atoms with Gasteiger partial charge in [0.25, 0.3) is 0 Å². The molecule has 0 radical (unpaired) electrons. The fourth-order valence-electron chi connectivity index (χ4n) is 5.13. The molecule has 0 bridgehead atoms. The van der Waals surface area contributed by atoms with Crippen LogP contribution in [0.1, 0.15) is 57.9 Å². The second kappa shape index (κ2) is 6.53. The topological polar surface area (TPSA) is 49.3 Å². The quantitative estimate of drug-likeness (QED) is 0.544. The molecule has 0 aromatic heterocycles. The van der Waals surface area contributed by atoms with Gasteiger partial charge in [-0.1, -0.05) is 56.0 Å². The normalized spacial score (nSPS) is 40.6. The predicted molar refractivity (Wildman–Crippen MR) is 107 cm³/mol. The molecule has 3 heteroatoms. The SMILES string of the molecule is CC1C=CC2(CC1)NC(=O)C1(CCC(C)CC1)C2(O)C#Cc1ccccc1. The van der Waals surface area contributed by atoms with Crippen LogP contribution in [0.25, 0.3) is 0 Å². The molecule has 142 valence electrons. The fraction of sp³-hybridized carbons (Fsp3) is 0.542. The molecule has 27 heavy (non-hydrogen) atoms. The molecule has 1 saturated carbocycles. The van der Waals surface area contributed by atoms with E-state index in [0.29, 0.717) is 24.7 Å². The van der Waals surface area contributed by atoms with Crippen molar-refractivity contribution in [2.45, 2.75) is 63.5 Å². The fourth-order valence-corrected chi connectivity index (χ4v) is 5.13. The van der Waals surface area contributed by atoms with Crippen LogP contribution in [0.15, 0.2) is 42.5 Å². The summed E-state index contributed by atoms with van der Waals surface area (Å²) in [6.45, 7) is 4.40. The standard InChI is InChI=1S/C24H29NO2/c1-18-8-13-22(14-9-18)21(26)25-23(15-10-19(2)11-16-23)24(22,27)17-12-20-6-4-3-5-7-20/h3-7,10,15,18-19,27H,8-9,11,13-14,16H2,1-2H3,(H,25,26). The minimum Gasteiger partial charge on any atom is -0.374 e. The Kier molecular flexibility index (Phi) is 4.43. The van der Waals surface area contributed by atoms with E-state index >= 15 is 0 Å². The molecule has 1 saturated heterocycles. The highest BCUT2D eigenvalue weighted by molar-refractivity contribution is 5.90. The molecule has 3 nitrogen and oxygen atoms in total. The molecule has 2 aliphatic carbocycles. The molecule has 1 aromatic carbocycles. The minimum absolute atomic E-state index is 0.0153. The number of carbonyl (C=O) groups is 1. The van der Waals surface area contributed by atoms with Crippen molar-refractivity contribution >= 4 is 5.91 Å². The Morgan fingerprint density at radius 1 is 1.07 bits per heavy atom. The van der Waals surface area contributed by atoms with Gasteiger partial charge in [-0.15, -0.1) is 0 Å². The summed E-state index contributed by atoms with van der Waals surface area (Å²) in [5.74, 6) is 7.45. The first-order valence-electron chi connectivity index (χ1n) is 10.2. The third kappa shape index (κ3) is 2.74. The lowest BCUT2D eigenvalue weighted by atomic mass is 9.57. The second-order valence-corrected chi connectivity index (χ2v) is 8.89. The Hall–Kier alpha value is -2.05. The summed E-state index contributed by atoms with van der Waals surface area (Å²) < 4.78 is 0. The summed E-state index contributed by atoms with van der Waals surface area (Å²) in [4.78, 5) is 13.3. The number of hydrogen-bond donors (Lipinski definition) is 2. The largest absolute Gasteiger partial charge is 0.374 e. The smallest absolute Gasteiger partial charge is 0.231 e. The molecular weight excluding hydrogens is 334 g/mol. The van der Waals surface area contributed by atoms with E-state index < -0.39 is 16.6 Å². The second-order valence-electron chi connectivity index (χ2n) is 8.89. The van der Waals surface area contributed by atoms with E-state index in [1.165, 1.54) is 0 Å². The van der Waals surface area contributed by atoms with E-state index in [1.807, 2.05) is 36.4 Å². The van der Waals surface area contributed by atoms with Gasteiger partial charge in [0.2, 0.25) is 5.91 Å². The van der Waals surface area contributed by atoms with Gasteiger partial charge in [0.15, 0.2) is 5.60 Å². The molecule has 1 aliphatic heterocycles. The summed E-state index contributed by atoms with van der Waals surface area (Å²) in [5.41, 5.74) is -2.11. The lowest BCUT2D eigenvalue weighted by Crippen LogP contribution is -2.61. The third-order valence-electron chi connectivity index (χ3n) is 7.10. The van der Waals surface area contributed by atoms with Gasteiger partial charge in [0.05, 0.1) is 11.0 Å². The van der Waals surface area contributed by atoms with Crippen LogP contribution in [0, 0.1) is 29.1 Å². The molecule has 3 unspecified atom stereocenters. The zero-order valence-corrected chi connectivity index (χ0v) is 16.3. The van der Waals surface area contributed by atoms with Crippen LogP contribution in [-0.2, 0) is 4.79 Å². The molecule has 3 aliphatic rings. The maximum atomic E-state index is 13.3. The van der Waals surface area contributed by atoms with E-state index in [9.17, 15) is 9.90 Å². The van der Waals surface area contributed by atoms with Gasteiger partial charge in [-0.05, 0) is 62.5 Å². The highest BCUT2D eigenvalue weighted by atomic mass is 16.3. The number of hydrogen-bond acceptors (Lipinski definition) is 2. The van der Waals surface area contributed by atoms with Crippen LogP contribution in [0.5, 0.6) is 0 Å². The Labute approximate surface area is 162 Å². The average molecular weight is 364 g/mol. The number of aliphatic hydroxyl groups is 1. The first kappa shape index (κ1) is 18.3. The predicted octanol–water partition coefficient (Wildman–Crippen LogP) is 3.82. The lowest BCUT2D eigenvalue weighted by molar-refractivity contribution is -0.138. The van der Waals surface area contributed by atoms with Crippen molar-refractivity contribution in [1.29, 1.82) is 0 Å². The van der Waals surface area contributed by atoms with Gasteiger partial charge in [0, 0.05) is 5.56 Å². The molecule has 4 rings (SSSR count). The van der Waals surface area contributed by atoms with Crippen LogP contribution >= 0.6 is 0 Å². The van der Waals surface area contributed by atoms with Crippen molar-refractivity contribution in [1.82, 2.24) is 5.32 Å². The van der Waals surface area contributed by atoms with Crippen molar-refractivity contribution in [3.8, 4) is 11.8 Å². The first-order chi connectivity index (χ1) is 12.9. The Bertz CT molecular complexity index is 810. The van der Waals surface area contributed by atoms with E-state index in [-0.39, 0.29) is 5.91 Å². The molecule has 1 heterocycles. The summed E-state index contributed by atoms with van der Waals surface area (Å²) in [6.07, 6.45) is 9.15. The van der Waals surface area contributed by atoms with E-state index in [4.69, 9.17) is 0 Å². The monoisotopic (exact) mass is 363 g/mol. The maximum absolute atomic E-state index is 13.3. The molecule has 3 atom stereocenters. The number of benzene rings is 1. The maximum Gasteiger partial charge on any atom is 0.231 e. The molecule has 2 fully saturated rings. The molecular formula is C24H29NO2. The van der Waals surface area contributed by atoms with Crippen molar-refractivity contribution in [3.05, 3.63) is 48.0 Å². The number of allylic oxidation sites excluding steroid dienone is 1. The summed E-state index contributed by atoms with van der Waals surface area (Å²) in [6, 6.07) is 9.74. The van der Waals surface area contributed by atoms with E-state index in [0.717, 1.165) is 31.2 Å². The van der Waals surface area contributed by atoms with Gasteiger partial charge in [-0.2, -0.15) is 0 Å². The van der Waals surface area contributed by atoms with Crippen LogP contribution in [-0.4, -0.2) is 22.2 Å². The number of carbonyl (C=O) groups excluding carboxylic acids is 1. The minimum atomic E-state index is -1.39. The van der Waals surface area contributed by atoms with Gasteiger partial charge < -0.3 is 10.4 Å². The molecule has 2 spiro atoms. The highest BCUT2D eigenvalue weighted by Crippen LogP contribution is 2.57. The Balaban J connectivity index is 1.83. The summed E-state index contributed by atoms with van der Waals surface area (Å²) >= 11 is 0. The molecule has 2 N–H and O–H groups in total. The van der Waals surface area contributed by atoms with Gasteiger partial charge >= 0.3 is 0 Å². The van der Waals surface area contributed by atoms with Crippen LogP contribution in [0.4, 0.5) is 0 Å². The van der Waals surface area contributed by atoms with Crippen molar-refractivity contribution in [2.75, 3.05) is 0 Å². The van der Waals surface area contributed by atoms with Gasteiger partial charge in [-0.25, -0.2) is 0 Å². The van der Waals surface area contributed by atoms with Crippen molar-refractivity contribution < 1.29 is 9.90 Å². The van der Waals surface area contributed by atoms with E-state index in [2.05, 4.69) is 37.1 Å². The average Bonchev–Trinajstić information content (AvgIpc) is 2.85. The number of rotatable bonds is 0. The molecule has 1 aromatic rings. The van der Waals surface area contributed by atoms with Crippen LogP contribution in [0.2, 0.25) is 0 Å². The third-order valence-corrected chi connectivity index (χ3v) is 7.10. The van der Waals surface area contributed by atoms with Crippen molar-refractivity contribution in [2.24, 2.45) is 17.3 Å².